The number of pyridine rings is 1. The Kier molecular flexibility index (Phi) is 5.84. The number of sulfonamides is 1. The molecule has 3 rings (SSSR count). The van der Waals surface area contributed by atoms with E-state index in [9.17, 15) is 22.0 Å². The third kappa shape index (κ3) is 3.94. The van der Waals surface area contributed by atoms with Crippen LogP contribution in [0.1, 0.15) is 30.5 Å². The highest BCUT2D eigenvalue weighted by atomic mass is 127. The maximum atomic E-state index is 14.3. The molecule has 0 aliphatic heterocycles. The van der Waals surface area contributed by atoms with Crippen molar-refractivity contribution in [2.45, 2.75) is 30.4 Å². The number of aromatic nitrogens is 1. The van der Waals surface area contributed by atoms with Crippen molar-refractivity contribution in [2.24, 2.45) is 7.05 Å². The van der Waals surface area contributed by atoms with E-state index in [2.05, 4.69) is 4.72 Å². The highest BCUT2D eigenvalue weighted by Gasteiger charge is 2.54. The number of anilines is 1. The summed E-state index contributed by atoms with van der Waals surface area (Å²) in [4.78, 5) is 12.0. The Labute approximate surface area is 174 Å². The molecule has 1 fully saturated rings. The molecule has 0 radical (unpaired) electrons. The van der Waals surface area contributed by atoms with Gasteiger partial charge < -0.3 is 9.67 Å². The fourth-order valence-corrected chi connectivity index (χ4v) is 5.27. The second-order valence-corrected chi connectivity index (χ2v) is 10.2. The molecule has 1 aromatic heterocycles. The Morgan fingerprint density at radius 1 is 1.25 bits per heavy atom. The maximum absolute atomic E-state index is 14.3. The molecule has 1 aliphatic carbocycles. The zero-order valence-corrected chi connectivity index (χ0v) is 18.0. The van der Waals surface area contributed by atoms with Gasteiger partial charge in [-0.15, -0.1) is 0 Å². The van der Waals surface area contributed by atoms with Gasteiger partial charge in [-0.25, -0.2) is 17.2 Å². The minimum Gasteiger partial charge on any atom is -0.396 e. The van der Waals surface area contributed by atoms with E-state index >= 15 is 0 Å². The average molecular weight is 524 g/mol. The Bertz CT molecular complexity index is 1080. The molecule has 0 amide bonds. The van der Waals surface area contributed by atoms with Crippen LogP contribution in [-0.4, -0.2) is 29.4 Å². The van der Waals surface area contributed by atoms with Crippen LogP contribution in [0, 0.1) is 15.2 Å². The monoisotopic (exact) mass is 524 g/mol. The van der Waals surface area contributed by atoms with Gasteiger partial charge in [-0.05, 0) is 59.5 Å². The summed E-state index contributed by atoms with van der Waals surface area (Å²) in [5.41, 5.74) is -0.643. The first kappa shape index (κ1) is 21.2. The van der Waals surface area contributed by atoms with Crippen molar-refractivity contribution in [3.05, 3.63) is 61.1 Å². The molecule has 10 heteroatoms. The first-order valence-electron chi connectivity index (χ1n) is 8.56. The van der Waals surface area contributed by atoms with Crippen LogP contribution in [0.15, 0.2) is 29.1 Å². The molecular formula is C18H19F2IN2O4S. The van der Waals surface area contributed by atoms with Crippen molar-refractivity contribution in [3.8, 4) is 0 Å². The van der Waals surface area contributed by atoms with Crippen LogP contribution in [0.2, 0.25) is 0 Å². The maximum Gasteiger partial charge on any atom is 0.286 e. The molecule has 0 unspecified atom stereocenters. The summed E-state index contributed by atoms with van der Waals surface area (Å²) in [5.74, 6) is -1.62. The number of aliphatic hydroxyl groups is 1. The summed E-state index contributed by atoms with van der Waals surface area (Å²) in [6.45, 7) is -0.288. The fourth-order valence-electron chi connectivity index (χ4n) is 3.13. The van der Waals surface area contributed by atoms with Gasteiger partial charge in [-0.2, -0.15) is 0 Å². The molecule has 1 saturated carbocycles. The van der Waals surface area contributed by atoms with Crippen molar-refractivity contribution < 1.29 is 22.3 Å². The van der Waals surface area contributed by atoms with Gasteiger partial charge in [-0.1, -0.05) is 6.07 Å². The lowest BCUT2D eigenvalue weighted by atomic mass is 10.1. The summed E-state index contributed by atoms with van der Waals surface area (Å²) in [6, 6.07) is 5.37. The van der Waals surface area contributed by atoms with Gasteiger partial charge in [0.15, 0.2) is 5.82 Å². The first-order chi connectivity index (χ1) is 13.1. The van der Waals surface area contributed by atoms with Crippen LogP contribution in [-0.2, 0) is 23.5 Å². The quantitative estimate of drug-likeness (QED) is 0.546. The Morgan fingerprint density at radius 2 is 1.93 bits per heavy atom. The Hall–Kier alpha value is -1.53. The summed E-state index contributed by atoms with van der Waals surface area (Å²) in [6.07, 6.45) is 0.744. The number of hydrogen-bond acceptors (Lipinski definition) is 4. The lowest BCUT2D eigenvalue weighted by Gasteiger charge is -2.20. The van der Waals surface area contributed by atoms with Gasteiger partial charge >= 0.3 is 0 Å². The summed E-state index contributed by atoms with van der Waals surface area (Å²) in [5, 5.41) is 9.16. The molecule has 6 nitrogen and oxygen atoms in total. The molecule has 2 N–H and O–H groups in total. The smallest absolute Gasteiger partial charge is 0.286 e. The van der Waals surface area contributed by atoms with Crippen LogP contribution in [0.3, 0.4) is 0 Å². The van der Waals surface area contributed by atoms with Gasteiger partial charge in [0.25, 0.3) is 5.56 Å². The van der Waals surface area contributed by atoms with E-state index in [0.717, 1.165) is 10.6 Å². The van der Waals surface area contributed by atoms with E-state index < -0.39 is 32.0 Å². The van der Waals surface area contributed by atoms with E-state index in [-0.39, 0.29) is 36.4 Å². The zero-order chi connectivity index (χ0) is 20.7. The normalized spacial score (nSPS) is 15.5. The van der Waals surface area contributed by atoms with Crippen molar-refractivity contribution in [3.63, 3.8) is 0 Å². The van der Waals surface area contributed by atoms with Crippen molar-refractivity contribution in [2.75, 3.05) is 11.3 Å². The van der Waals surface area contributed by atoms with Gasteiger partial charge in [0.1, 0.15) is 5.82 Å². The topological polar surface area (TPSA) is 88.4 Å². The predicted octanol–water partition coefficient (Wildman–Crippen LogP) is 2.52. The molecule has 1 heterocycles. The van der Waals surface area contributed by atoms with E-state index in [4.69, 9.17) is 5.11 Å². The number of nitrogens with one attached hydrogen (secondary N) is 1. The SMILES string of the molecule is Cn1c(Cc2ccc(I)cc2F)c(NS(=O)(=O)C2(CCO)CC2)cc(F)c1=O. The molecule has 152 valence electrons. The zero-order valence-electron chi connectivity index (χ0n) is 15.0. The van der Waals surface area contributed by atoms with Crippen LogP contribution in [0.4, 0.5) is 14.5 Å². The molecule has 2 aromatic rings. The van der Waals surface area contributed by atoms with Crippen molar-refractivity contribution in [1.82, 2.24) is 4.57 Å². The summed E-state index contributed by atoms with van der Waals surface area (Å²) in [7, 11) is -2.62. The third-order valence-electron chi connectivity index (χ3n) is 5.06. The predicted molar refractivity (Wildman–Crippen MR) is 110 cm³/mol. The second-order valence-electron chi connectivity index (χ2n) is 6.89. The summed E-state index contributed by atoms with van der Waals surface area (Å²) < 4.78 is 56.9. The molecule has 28 heavy (non-hydrogen) atoms. The van der Waals surface area contributed by atoms with Crippen molar-refractivity contribution >= 4 is 38.3 Å². The lowest BCUT2D eigenvalue weighted by Crippen LogP contribution is -2.33. The van der Waals surface area contributed by atoms with E-state index in [1.807, 2.05) is 22.6 Å². The van der Waals surface area contributed by atoms with Gasteiger partial charge in [-0.3, -0.25) is 9.52 Å². The minimum atomic E-state index is -3.93. The van der Waals surface area contributed by atoms with Gasteiger partial charge in [0.2, 0.25) is 10.0 Å². The number of aliphatic hydroxyl groups excluding tert-OH is 1. The number of benzene rings is 1. The number of rotatable bonds is 7. The standard InChI is InChI=1S/C18H19F2IN2O4S/c1-23-16(8-11-2-3-12(21)9-13(11)19)15(10-14(20)17(23)25)22-28(26,27)18(4-5-18)6-7-24/h2-3,9-10,22,24H,4-8H2,1H3. The molecule has 0 spiro atoms. The van der Waals surface area contributed by atoms with Crippen LogP contribution in [0.25, 0.3) is 0 Å². The van der Waals surface area contributed by atoms with Gasteiger partial charge in [0, 0.05) is 35.4 Å². The lowest BCUT2D eigenvalue weighted by molar-refractivity contribution is 0.283. The Balaban J connectivity index is 2.05. The largest absolute Gasteiger partial charge is 0.396 e. The second kappa shape index (κ2) is 7.71. The van der Waals surface area contributed by atoms with Crippen LogP contribution < -0.4 is 10.3 Å². The summed E-state index contributed by atoms with van der Waals surface area (Å²) >= 11 is 1.96. The molecule has 1 aliphatic rings. The van der Waals surface area contributed by atoms with E-state index in [0.29, 0.717) is 16.4 Å². The third-order valence-corrected chi connectivity index (χ3v) is 7.97. The molecule has 1 aromatic carbocycles. The van der Waals surface area contributed by atoms with E-state index in [1.54, 1.807) is 6.07 Å². The molecule has 0 atom stereocenters. The number of hydrogen-bond donors (Lipinski definition) is 2. The number of nitrogens with zero attached hydrogens (tertiary/aromatic N) is 1. The highest BCUT2D eigenvalue weighted by molar-refractivity contribution is 14.1. The Morgan fingerprint density at radius 3 is 2.50 bits per heavy atom. The van der Waals surface area contributed by atoms with Crippen LogP contribution in [0.5, 0.6) is 0 Å². The van der Waals surface area contributed by atoms with Crippen molar-refractivity contribution in [1.29, 1.82) is 0 Å². The van der Waals surface area contributed by atoms with E-state index in [1.165, 1.54) is 19.2 Å². The highest BCUT2D eigenvalue weighted by Crippen LogP contribution is 2.47. The first-order valence-corrected chi connectivity index (χ1v) is 11.1. The van der Waals surface area contributed by atoms with Crippen LogP contribution >= 0.6 is 22.6 Å². The average Bonchev–Trinajstić information content (AvgIpc) is 3.40. The van der Waals surface area contributed by atoms with Gasteiger partial charge in [0.05, 0.1) is 10.4 Å². The molecule has 0 saturated heterocycles. The number of halogens is 3. The minimum absolute atomic E-state index is 0.0671. The fraction of sp³-hybridized carbons (Fsp3) is 0.389. The molecular weight excluding hydrogens is 505 g/mol. The molecule has 0 bridgehead atoms.